The van der Waals surface area contributed by atoms with Crippen LogP contribution in [0.5, 0.6) is 0 Å². The molecule has 22 heavy (non-hydrogen) atoms. The molecule has 2 aromatic rings. The van der Waals surface area contributed by atoms with Crippen LogP contribution in [0, 0.1) is 6.92 Å². The Balaban J connectivity index is 0.00000220. The van der Waals surface area contributed by atoms with Gasteiger partial charge in [0.1, 0.15) is 5.82 Å². The first-order valence-corrected chi connectivity index (χ1v) is 6.88. The standard InChI is InChI=1S/C15H22N4O.2ClH/c1-11-18-12-7-4-5-8-13(12)19(11)10-6-9-17-14(20)15(2,3)16;;/h4-5,7-8H,6,9-10,16H2,1-3H3,(H,17,20);2*1H. The van der Waals surface area contributed by atoms with E-state index < -0.39 is 5.54 Å². The number of aromatic nitrogens is 2. The summed E-state index contributed by atoms with van der Waals surface area (Å²) in [7, 11) is 0. The number of aryl methyl sites for hydroxylation is 2. The predicted octanol–water partition coefficient (Wildman–Crippen LogP) is 2.43. The third-order valence-electron chi connectivity index (χ3n) is 3.27. The zero-order valence-electron chi connectivity index (χ0n) is 13.1. The van der Waals surface area contributed by atoms with Crippen molar-refractivity contribution in [2.45, 2.75) is 39.3 Å². The van der Waals surface area contributed by atoms with Gasteiger partial charge in [-0.3, -0.25) is 4.79 Å². The van der Waals surface area contributed by atoms with Gasteiger partial charge in [-0.2, -0.15) is 0 Å². The van der Waals surface area contributed by atoms with Crippen molar-refractivity contribution in [3.05, 3.63) is 30.1 Å². The third-order valence-corrected chi connectivity index (χ3v) is 3.27. The number of carbonyl (C=O) groups is 1. The Morgan fingerprint density at radius 2 is 1.95 bits per heavy atom. The fourth-order valence-corrected chi connectivity index (χ4v) is 2.15. The lowest BCUT2D eigenvalue weighted by Crippen LogP contribution is -2.49. The number of carbonyl (C=O) groups excluding carboxylic acids is 1. The maximum absolute atomic E-state index is 11.6. The first-order chi connectivity index (χ1) is 9.39. The summed E-state index contributed by atoms with van der Waals surface area (Å²) in [6.07, 6.45) is 0.850. The van der Waals surface area contributed by atoms with Gasteiger partial charge in [-0.1, -0.05) is 12.1 Å². The van der Waals surface area contributed by atoms with Gasteiger partial charge in [-0.25, -0.2) is 4.98 Å². The molecule has 7 heteroatoms. The van der Waals surface area contributed by atoms with E-state index in [1.807, 2.05) is 25.1 Å². The highest BCUT2D eigenvalue weighted by atomic mass is 35.5. The molecular weight excluding hydrogens is 323 g/mol. The number of nitrogens with one attached hydrogen (secondary N) is 1. The molecule has 1 aromatic carbocycles. The van der Waals surface area contributed by atoms with Gasteiger partial charge in [0.25, 0.3) is 0 Å². The molecule has 5 nitrogen and oxygen atoms in total. The molecule has 3 N–H and O–H groups in total. The maximum Gasteiger partial charge on any atom is 0.239 e. The lowest BCUT2D eigenvalue weighted by Gasteiger charge is -2.17. The molecule has 0 fully saturated rings. The molecule has 124 valence electrons. The molecule has 0 radical (unpaired) electrons. The summed E-state index contributed by atoms with van der Waals surface area (Å²) >= 11 is 0. The van der Waals surface area contributed by atoms with E-state index in [1.54, 1.807) is 13.8 Å². The Bertz CT molecular complexity index is 620. The van der Waals surface area contributed by atoms with E-state index in [4.69, 9.17) is 5.73 Å². The predicted molar refractivity (Wildman–Crippen MR) is 94.9 cm³/mol. The second-order valence-electron chi connectivity index (χ2n) is 5.63. The summed E-state index contributed by atoms with van der Waals surface area (Å²) in [4.78, 5) is 16.2. The molecule has 0 saturated heterocycles. The molecule has 0 saturated carbocycles. The van der Waals surface area contributed by atoms with Gasteiger partial charge < -0.3 is 15.6 Å². The molecule has 0 aliphatic heterocycles. The fourth-order valence-electron chi connectivity index (χ4n) is 2.15. The molecule has 0 unspecified atom stereocenters. The van der Waals surface area contributed by atoms with Crippen LogP contribution in [0.4, 0.5) is 0 Å². The summed E-state index contributed by atoms with van der Waals surface area (Å²) in [6.45, 7) is 6.86. The first kappa shape index (κ1) is 20.7. The van der Waals surface area contributed by atoms with Crippen LogP contribution >= 0.6 is 24.8 Å². The zero-order chi connectivity index (χ0) is 14.8. The first-order valence-electron chi connectivity index (χ1n) is 6.88. The van der Waals surface area contributed by atoms with Crippen molar-refractivity contribution in [1.29, 1.82) is 0 Å². The van der Waals surface area contributed by atoms with Crippen LogP contribution in [0.25, 0.3) is 11.0 Å². The Kier molecular flexibility index (Phi) is 7.87. The highest BCUT2D eigenvalue weighted by Crippen LogP contribution is 2.15. The van der Waals surface area contributed by atoms with E-state index in [0.717, 1.165) is 29.8 Å². The average molecular weight is 347 g/mol. The molecule has 0 aliphatic rings. The number of halogens is 2. The molecule has 0 spiro atoms. The minimum atomic E-state index is -0.822. The van der Waals surface area contributed by atoms with Crippen molar-refractivity contribution in [3.63, 3.8) is 0 Å². The number of nitrogens with two attached hydrogens (primary N) is 1. The highest BCUT2D eigenvalue weighted by molar-refractivity contribution is 5.86. The van der Waals surface area contributed by atoms with E-state index in [0.29, 0.717) is 6.54 Å². The lowest BCUT2D eigenvalue weighted by atomic mass is 10.1. The number of fused-ring (bicyclic) bond motifs is 1. The largest absolute Gasteiger partial charge is 0.354 e. The number of imidazole rings is 1. The molecule has 0 bridgehead atoms. The topological polar surface area (TPSA) is 72.9 Å². The van der Waals surface area contributed by atoms with E-state index >= 15 is 0 Å². The molecule has 1 amide bonds. The molecule has 2 rings (SSSR count). The summed E-state index contributed by atoms with van der Waals surface area (Å²) in [5.74, 6) is 0.876. The van der Waals surface area contributed by atoms with Crippen LogP contribution in [0.2, 0.25) is 0 Å². The van der Waals surface area contributed by atoms with Crippen molar-refractivity contribution in [1.82, 2.24) is 14.9 Å². The van der Waals surface area contributed by atoms with Crippen molar-refractivity contribution < 1.29 is 4.79 Å². The Morgan fingerprint density at radius 3 is 2.59 bits per heavy atom. The lowest BCUT2D eigenvalue weighted by molar-refractivity contribution is -0.125. The van der Waals surface area contributed by atoms with Gasteiger partial charge in [0.05, 0.1) is 16.6 Å². The zero-order valence-corrected chi connectivity index (χ0v) is 14.8. The van der Waals surface area contributed by atoms with Crippen LogP contribution < -0.4 is 11.1 Å². The number of benzene rings is 1. The van der Waals surface area contributed by atoms with Crippen LogP contribution in [0.3, 0.4) is 0 Å². The van der Waals surface area contributed by atoms with Crippen molar-refractivity contribution >= 4 is 41.8 Å². The van der Waals surface area contributed by atoms with E-state index in [1.165, 1.54) is 0 Å². The Labute approximate surface area is 143 Å². The van der Waals surface area contributed by atoms with Crippen molar-refractivity contribution in [3.8, 4) is 0 Å². The van der Waals surface area contributed by atoms with Crippen LogP contribution in [0.1, 0.15) is 26.1 Å². The number of hydrogen-bond acceptors (Lipinski definition) is 3. The van der Waals surface area contributed by atoms with Crippen LogP contribution in [-0.4, -0.2) is 27.5 Å². The van der Waals surface area contributed by atoms with Crippen LogP contribution in [-0.2, 0) is 11.3 Å². The fraction of sp³-hybridized carbons (Fsp3) is 0.467. The van der Waals surface area contributed by atoms with E-state index in [2.05, 4.69) is 20.9 Å². The number of hydrogen-bond donors (Lipinski definition) is 2. The smallest absolute Gasteiger partial charge is 0.239 e. The molecular formula is C15H24Cl2N4O. The van der Waals surface area contributed by atoms with Gasteiger partial charge in [0.15, 0.2) is 0 Å². The number of para-hydroxylation sites is 2. The van der Waals surface area contributed by atoms with Crippen molar-refractivity contribution in [2.24, 2.45) is 5.73 Å². The van der Waals surface area contributed by atoms with Crippen molar-refractivity contribution in [2.75, 3.05) is 6.54 Å². The Hall–Kier alpha value is -1.30. The SMILES string of the molecule is Cc1nc2ccccc2n1CCCNC(=O)C(C)(C)N.Cl.Cl. The van der Waals surface area contributed by atoms with Gasteiger partial charge in [0, 0.05) is 13.1 Å². The molecule has 1 heterocycles. The number of rotatable bonds is 5. The molecule has 0 aliphatic carbocycles. The molecule has 0 atom stereocenters. The normalized spacial score (nSPS) is 10.7. The second-order valence-corrected chi connectivity index (χ2v) is 5.63. The summed E-state index contributed by atoms with van der Waals surface area (Å²) in [5, 5.41) is 2.85. The van der Waals surface area contributed by atoms with Gasteiger partial charge in [-0.05, 0) is 39.3 Å². The van der Waals surface area contributed by atoms with Crippen LogP contribution in [0.15, 0.2) is 24.3 Å². The average Bonchev–Trinajstić information content (AvgIpc) is 2.69. The minimum absolute atomic E-state index is 0. The van der Waals surface area contributed by atoms with Gasteiger partial charge in [-0.15, -0.1) is 24.8 Å². The summed E-state index contributed by atoms with van der Waals surface area (Å²) in [5.41, 5.74) is 7.05. The maximum atomic E-state index is 11.6. The minimum Gasteiger partial charge on any atom is -0.354 e. The van der Waals surface area contributed by atoms with Gasteiger partial charge >= 0.3 is 0 Å². The summed E-state index contributed by atoms with van der Waals surface area (Å²) < 4.78 is 2.18. The molecule has 1 aromatic heterocycles. The third kappa shape index (κ3) is 4.87. The summed E-state index contributed by atoms with van der Waals surface area (Å²) in [6, 6.07) is 8.08. The van der Waals surface area contributed by atoms with Gasteiger partial charge in [0.2, 0.25) is 5.91 Å². The van der Waals surface area contributed by atoms with E-state index in [-0.39, 0.29) is 30.7 Å². The number of nitrogens with zero attached hydrogens (tertiary/aromatic N) is 2. The quantitative estimate of drug-likeness (QED) is 0.816. The Morgan fingerprint density at radius 1 is 1.32 bits per heavy atom. The highest BCUT2D eigenvalue weighted by Gasteiger charge is 2.20. The monoisotopic (exact) mass is 346 g/mol. The number of amides is 1. The van der Waals surface area contributed by atoms with E-state index in [9.17, 15) is 4.79 Å². The second kappa shape index (κ2) is 8.36.